The first kappa shape index (κ1) is 33.7. The molecule has 5 N–H and O–H groups in total. The number of nitrogens with zero attached hydrogens (tertiary/aromatic N) is 1. The number of ether oxygens (including phenoxy) is 1. The van der Waals surface area contributed by atoms with E-state index in [-0.39, 0.29) is 25.2 Å². The number of hydrogen-bond acceptors (Lipinski definition) is 7. The molecule has 0 aliphatic carbocycles. The smallest absolute Gasteiger partial charge is 0.333 e. The van der Waals surface area contributed by atoms with Crippen molar-refractivity contribution >= 4 is 33.7 Å². The summed E-state index contributed by atoms with van der Waals surface area (Å²) in [5.74, 6) is -0.738. The molecule has 1 aliphatic rings. The predicted molar refractivity (Wildman–Crippen MR) is 162 cm³/mol. The van der Waals surface area contributed by atoms with Crippen LogP contribution in [0.5, 0.6) is 0 Å². The van der Waals surface area contributed by atoms with Gasteiger partial charge < -0.3 is 20.7 Å². The highest BCUT2D eigenvalue weighted by Gasteiger charge is 2.37. The molecule has 5 atom stereocenters. The number of nitrogens with two attached hydrogens (primary N) is 2. The number of rotatable bonds is 14. The fourth-order valence-electron chi connectivity index (χ4n) is 4.84. The molecule has 1 saturated heterocycles. The van der Waals surface area contributed by atoms with Crippen molar-refractivity contribution in [1.29, 1.82) is 0 Å². The molecule has 0 spiro atoms. The van der Waals surface area contributed by atoms with E-state index in [1.807, 2.05) is 61.5 Å². The number of likely N-dealkylation sites (tertiary alicyclic amines) is 1. The van der Waals surface area contributed by atoms with Crippen molar-refractivity contribution in [3.63, 3.8) is 0 Å². The van der Waals surface area contributed by atoms with Gasteiger partial charge in [0.2, 0.25) is 11.8 Å². The minimum Gasteiger partial charge on any atom is -0.371 e. The fraction of sp³-hybridized carbons (Fsp3) is 0.467. The van der Waals surface area contributed by atoms with Gasteiger partial charge in [0.05, 0.1) is 31.4 Å². The standard InChI is InChI=1S/C30H41ClN4O6S/c1-21(32)28(36)34-27(22(2)40-19-23-9-5-4-6-10-23)29(37)35-16-8-13-26(35)14-15-30(3,20-41-42(33,38)39)18-24-11-7-12-25(31)17-24/h4-7,9-12,14-15,17,21-22,26-27H,8,13,16,18-20,32H2,1-3H3,(H,34,36)(H2,33,38,39)/b15-14+/t21-,22?,26-,27-,30-/m0/s1. The Morgan fingerprint density at radius 3 is 2.50 bits per heavy atom. The maximum absolute atomic E-state index is 13.9. The molecule has 0 radical (unpaired) electrons. The lowest BCUT2D eigenvalue weighted by atomic mass is 9.83. The molecule has 2 aromatic rings. The van der Waals surface area contributed by atoms with Crippen molar-refractivity contribution in [2.24, 2.45) is 16.3 Å². The molecule has 1 unspecified atom stereocenters. The lowest BCUT2D eigenvalue weighted by Gasteiger charge is -2.32. The van der Waals surface area contributed by atoms with Crippen molar-refractivity contribution in [1.82, 2.24) is 10.2 Å². The van der Waals surface area contributed by atoms with Crippen LogP contribution in [0.4, 0.5) is 0 Å². The van der Waals surface area contributed by atoms with Gasteiger partial charge in [-0.2, -0.15) is 8.42 Å². The second kappa shape index (κ2) is 15.1. The van der Waals surface area contributed by atoms with Crippen LogP contribution in [0.3, 0.4) is 0 Å². The predicted octanol–water partition coefficient (Wildman–Crippen LogP) is 3.09. The molecule has 42 heavy (non-hydrogen) atoms. The summed E-state index contributed by atoms with van der Waals surface area (Å²) in [6, 6.07) is 14.8. The van der Waals surface area contributed by atoms with Crippen molar-refractivity contribution in [3.8, 4) is 0 Å². The number of nitrogens with one attached hydrogen (secondary N) is 1. The summed E-state index contributed by atoms with van der Waals surface area (Å²) in [7, 11) is -4.17. The maximum atomic E-state index is 13.9. The van der Waals surface area contributed by atoms with Crippen molar-refractivity contribution in [2.45, 2.75) is 70.9 Å². The van der Waals surface area contributed by atoms with E-state index in [1.165, 1.54) is 0 Å². The molecular formula is C30H41ClN4O6S. The average molecular weight is 621 g/mol. The highest BCUT2D eigenvalue weighted by atomic mass is 35.5. The summed E-state index contributed by atoms with van der Waals surface area (Å²) in [6.07, 6.45) is 4.98. The van der Waals surface area contributed by atoms with Gasteiger partial charge in [0, 0.05) is 17.0 Å². The first-order valence-corrected chi connectivity index (χ1v) is 15.7. The Labute approximate surface area is 253 Å². The minimum absolute atomic E-state index is 0.201. The molecule has 2 aromatic carbocycles. The van der Waals surface area contributed by atoms with Crippen LogP contribution in [0.15, 0.2) is 66.7 Å². The first-order chi connectivity index (χ1) is 19.8. The Kier molecular flexibility index (Phi) is 12.1. The van der Waals surface area contributed by atoms with Crippen LogP contribution in [-0.4, -0.2) is 62.5 Å². The number of benzene rings is 2. The van der Waals surface area contributed by atoms with Crippen molar-refractivity contribution in [3.05, 3.63) is 82.9 Å². The van der Waals surface area contributed by atoms with Gasteiger partial charge in [0.25, 0.3) is 0 Å². The molecule has 12 heteroatoms. The minimum atomic E-state index is -4.17. The monoisotopic (exact) mass is 620 g/mol. The summed E-state index contributed by atoms with van der Waals surface area (Å²) in [5.41, 5.74) is 6.83. The third kappa shape index (κ3) is 10.5. The summed E-state index contributed by atoms with van der Waals surface area (Å²) in [5, 5.41) is 8.46. The summed E-state index contributed by atoms with van der Waals surface area (Å²) >= 11 is 6.17. The third-order valence-electron chi connectivity index (χ3n) is 7.16. The Hall–Kier alpha value is -2.80. The van der Waals surface area contributed by atoms with Crippen LogP contribution < -0.4 is 16.2 Å². The zero-order valence-corrected chi connectivity index (χ0v) is 25.8. The molecule has 0 bridgehead atoms. The highest BCUT2D eigenvalue weighted by Crippen LogP contribution is 2.29. The normalized spacial score (nSPS) is 19.3. The Balaban J connectivity index is 1.81. The van der Waals surface area contributed by atoms with Gasteiger partial charge >= 0.3 is 10.3 Å². The molecule has 230 valence electrons. The van der Waals surface area contributed by atoms with E-state index in [1.54, 1.807) is 30.9 Å². The quantitative estimate of drug-likeness (QED) is 0.274. The maximum Gasteiger partial charge on any atom is 0.333 e. The molecule has 1 aliphatic heterocycles. The largest absolute Gasteiger partial charge is 0.371 e. The van der Waals surface area contributed by atoms with Crippen LogP contribution in [0.1, 0.15) is 44.7 Å². The number of carbonyl (C=O) groups excluding carboxylic acids is 2. The van der Waals surface area contributed by atoms with Crippen LogP contribution >= 0.6 is 11.6 Å². The molecule has 1 fully saturated rings. The topological polar surface area (TPSA) is 154 Å². The van der Waals surface area contributed by atoms with Gasteiger partial charge in [-0.25, -0.2) is 5.14 Å². The third-order valence-corrected chi connectivity index (χ3v) is 7.84. The fourth-order valence-corrected chi connectivity index (χ4v) is 5.49. The average Bonchev–Trinajstić information content (AvgIpc) is 3.41. The van der Waals surface area contributed by atoms with Crippen LogP contribution in [0.2, 0.25) is 5.02 Å². The number of halogens is 1. The van der Waals surface area contributed by atoms with Gasteiger partial charge in [0.15, 0.2) is 0 Å². The Morgan fingerprint density at radius 2 is 1.86 bits per heavy atom. The second-order valence-electron chi connectivity index (χ2n) is 11.1. The van der Waals surface area contributed by atoms with E-state index in [4.69, 9.17) is 31.4 Å². The highest BCUT2D eigenvalue weighted by molar-refractivity contribution is 7.84. The second-order valence-corrected chi connectivity index (χ2v) is 12.8. The molecule has 2 amide bonds. The van der Waals surface area contributed by atoms with E-state index < -0.39 is 39.8 Å². The van der Waals surface area contributed by atoms with Crippen LogP contribution in [-0.2, 0) is 41.8 Å². The van der Waals surface area contributed by atoms with Crippen LogP contribution in [0, 0.1) is 5.41 Å². The SMILES string of the molecule is CC(OCc1ccccc1)[C@H](NC(=O)[C@H](C)N)C(=O)N1CCC[C@H]1/C=C/[C@](C)(COS(N)(=O)=O)Cc1cccc(Cl)c1. The van der Waals surface area contributed by atoms with E-state index in [9.17, 15) is 18.0 Å². The molecule has 1 heterocycles. The van der Waals surface area contributed by atoms with E-state index in [0.717, 1.165) is 17.5 Å². The van der Waals surface area contributed by atoms with E-state index in [0.29, 0.717) is 24.4 Å². The van der Waals surface area contributed by atoms with Gasteiger partial charge in [0.1, 0.15) is 6.04 Å². The summed E-state index contributed by atoms with van der Waals surface area (Å²) < 4.78 is 34.2. The number of amides is 2. The van der Waals surface area contributed by atoms with Gasteiger partial charge in [-0.15, -0.1) is 0 Å². The first-order valence-electron chi connectivity index (χ1n) is 13.9. The molecule has 3 rings (SSSR count). The van der Waals surface area contributed by atoms with Crippen molar-refractivity contribution < 1.29 is 26.9 Å². The zero-order valence-electron chi connectivity index (χ0n) is 24.2. The lowest BCUT2D eigenvalue weighted by Crippen LogP contribution is -2.57. The summed E-state index contributed by atoms with van der Waals surface area (Å²) in [4.78, 5) is 28.2. The lowest BCUT2D eigenvalue weighted by molar-refractivity contribution is -0.141. The molecule has 10 nitrogen and oxygen atoms in total. The molecular weight excluding hydrogens is 580 g/mol. The van der Waals surface area contributed by atoms with Gasteiger partial charge in [-0.05, 0) is 56.4 Å². The Morgan fingerprint density at radius 1 is 1.17 bits per heavy atom. The molecule has 0 aromatic heterocycles. The molecule has 0 saturated carbocycles. The van der Waals surface area contributed by atoms with Gasteiger partial charge in [-0.1, -0.05) is 73.1 Å². The van der Waals surface area contributed by atoms with E-state index in [2.05, 4.69) is 5.32 Å². The summed E-state index contributed by atoms with van der Waals surface area (Å²) in [6.45, 7) is 5.71. The van der Waals surface area contributed by atoms with E-state index >= 15 is 0 Å². The zero-order chi connectivity index (χ0) is 30.9. The number of carbonyl (C=O) groups is 2. The number of hydrogen-bond donors (Lipinski definition) is 3. The van der Waals surface area contributed by atoms with Gasteiger partial charge in [-0.3, -0.25) is 13.8 Å². The van der Waals surface area contributed by atoms with Crippen molar-refractivity contribution in [2.75, 3.05) is 13.2 Å². The van der Waals surface area contributed by atoms with Crippen LogP contribution in [0.25, 0.3) is 0 Å². The Bertz CT molecular complexity index is 1340.